The van der Waals surface area contributed by atoms with Crippen molar-refractivity contribution < 1.29 is 24.2 Å². The second-order valence-corrected chi connectivity index (χ2v) is 9.15. The third kappa shape index (κ3) is 6.31. The van der Waals surface area contributed by atoms with E-state index >= 15 is 0 Å². The quantitative estimate of drug-likeness (QED) is 0.744. The Morgan fingerprint density at radius 2 is 1.79 bits per heavy atom. The Labute approximate surface area is 167 Å². The summed E-state index contributed by atoms with van der Waals surface area (Å²) in [5, 5.41) is 15.5. The Kier molecular flexibility index (Phi) is 6.15. The van der Waals surface area contributed by atoms with Crippen LogP contribution in [0.15, 0.2) is 24.1 Å². The second kappa shape index (κ2) is 7.88. The van der Waals surface area contributed by atoms with Crippen molar-refractivity contribution in [2.45, 2.75) is 64.9 Å². The number of hydrogen-bond acceptors (Lipinski definition) is 8. The monoisotopic (exact) mass is 410 g/mol. The minimum atomic E-state index is -1.84. The first-order valence-electron chi connectivity index (χ1n) is 8.67. The Morgan fingerprint density at radius 3 is 2.32 bits per heavy atom. The standard InChI is InChI=1S/C18H26N4O5S/c1-16(2,3)26-14(23)21-18(25,13-19-7-8-28-13)9-12-10-22(11-20-12)15(24)27-17(4,5)6/h7-8,10-11,25H,9H2,1-6H3,(H,21,23). The Morgan fingerprint density at radius 1 is 1.14 bits per heavy atom. The zero-order chi connectivity index (χ0) is 21.2. The highest BCUT2D eigenvalue weighted by molar-refractivity contribution is 7.09. The molecule has 0 bridgehead atoms. The molecule has 0 aromatic carbocycles. The summed E-state index contributed by atoms with van der Waals surface area (Å²) in [4.78, 5) is 32.6. The van der Waals surface area contributed by atoms with E-state index in [9.17, 15) is 14.7 Å². The van der Waals surface area contributed by atoms with Crippen LogP contribution in [0, 0.1) is 0 Å². The summed E-state index contributed by atoms with van der Waals surface area (Å²) in [5.41, 5.74) is -2.86. The van der Waals surface area contributed by atoms with E-state index in [-0.39, 0.29) is 11.4 Å². The van der Waals surface area contributed by atoms with Gasteiger partial charge in [0.2, 0.25) is 0 Å². The molecule has 2 aromatic heterocycles. The molecule has 154 valence electrons. The van der Waals surface area contributed by atoms with Crippen LogP contribution in [0.3, 0.4) is 0 Å². The van der Waals surface area contributed by atoms with Gasteiger partial charge < -0.3 is 14.6 Å². The zero-order valence-electron chi connectivity index (χ0n) is 16.8. The van der Waals surface area contributed by atoms with Gasteiger partial charge in [-0.1, -0.05) is 0 Å². The van der Waals surface area contributed by atoms with Crippen LogP contribution in [0.2, 0.25) is 0 Å². The highest BCUT2D eigenvalue weighted by Gasteiger charge is 2.37. The molecule has 28 heavy (non-hydrogen) atoms. The molecule has 2 rings (SSSR count). The van der Waals surface area contributed by atoms with Gasteiger partial charge >= 0.3 is 12.2 Å². The van der Waals surface area contributed by atoms with Crippen molar-refractivity contribution in [1.29, 1.82) is 0 Å². The first-order chi connectivity index (χ1) is 12.8. The molecule has 1 amide bonds. The third-order valence-electron chi connectivity index (χ3n) is 3.17. The third-order valence-corrected chi connectivity index (χ3v) is 4.10. The molecule has 0 saturated heterocycles. The predicted molar refractivity (Wildman–Crippen MR) is 103 cm³/mol. The molecule has 0 aliphatic carbocycles. The average Bonchev–Trinajstić information content (AvgIpc) is 3.14. The first kappa shape index (κ1) is 21.8. The molecule has 2 heterocycles. The number of carbonyl (C=O) groups excluding carboxylic acids is 2. The number of carbonyl (C=O) groups is 2. The number of nitrogens with one attached hydrogen (secondary N) is 1. The van der Waals surface area contributed by atoms with Gasteiger partial charge in [0, 0.05) is 24.2 Å². The lowest BCUT2D eigenvalue weighted by Gasteiger charge is -2.28. The number of amides is 1. The average molecular weight is 410 g/mol. The van der Waals surface area contributed by atoms with Crippen LogP contribution < -0.4 is 5.32 Å². The molecule has 0 spiro atoms. The van der Waals surface area contributed by atoms with Gasteiger partial charge in [-0.2, -0.15) is 0 Å². The van der Waals surface area contributed by atoms with Crippen molar-refractivity contribution in [2.24, 2.45) is 0 Å². The molecular weight excluding hydrogens is 384 g/mol. The summed E-state index contributed by atoms with van der Waals surface area (Å²) >= 11 is 1.17. The van der Waals surface area contributed by atoms with Crippen molar-refractivity contribution >= 4 is 23.5 Å². The summed E-state index contributed by atoms with van der Waals surface area (Å²) in [5.74, 6) is 0. The number of thiazole rings is 1. The van der Waals surface area contributed by atoms with Gasteiger partial charge in [0.25, 0.3) is 0 Å². The number of alkyl carbamates (subject to hydrolysis) is 1. The van der Waals surface area contributed by atoms with E-state index in [1.54, 1.807) is 46.9 Å². The minimum Gasteiger partial charge on any atom is -0.444 e. The highest BCUT2D eigenvalue weighted by Crippen LogP contribution is 2.25. The number of rotatable bonds is 4. The largest absolute Gasteiger partial charge is 0.444 e. The van der Waals surface area contributed by atoms with E-state index < -0.39 is 29.1 Å². The van der Waals surface area contributed by atoms with Gasteiger partial charge in [-0.25, -0.2) is 24.1 Å². The van der Waals surface area contributed by atoms with E-state index in [1.165, 1.54) is 34.6 Å². The highest BCUT2D eigenvalue weighted by atomic mass is 32.1. The maximum Gasteiger partial charge on any atom is 0.419 e. The second-order valence-electron chi connectivity index (χ2n) is 8.25. The van der Waals surface area contributed by atoms with Crippen molar-refractivity contribution in [3.63, 3.8) is 0 Å². The SMILES string of the molecule is CC(C)(C)OC(=O)NC(O)(Cc1cn(C(=O)OC(C)(C)C)cn1)c1nccs1. The number of ether oxygens (including phenoxy) is 2. The molecule has 10 heteroatoms. The molecule has 1 atom stereocenters. The molecule has 0 radical (unpaired) electrons. The lowest BCUT2D eigenvalue weighted by Crippen LogP contribution is -2.49. The van der Waals surface area contributed by atoms with Gasteiger partial charge in [0.05, 0.1) is 5.69 Å². The number of nitrogens with zero attached hydrogens (tertiary/aromatic N) is 3. The summed E-state index contributed by atoms with van der Waals surface area (Å²) < 4.78 is 11.7. The van der Waals surface area contributed by atoms with Gasteiger partial charge in [-0.15, -0.1) is 11.3 Å². The van der Waals surface area contributed by atoms with Crippen LogP contribution in [0.25, 0.3) is 0 Å². The molecule has 9 nitrogen and oxygen atoms in total. The van der Waals surface area contributed by atoms with Crippen molar-refractivity contribution in [3.8, 4) is 0 Å². The van der Waals surface area contributed by atoms with E-state index in [0.717, 1.165) is 0 Å². The molecule has 2 aromatic rings. The van der Waals surface area contributed by atoms with Crippen LogP contribution >= 0.6 is 11.3 Å². The summed E-state index contributed by atoms with van der Waals surface area (Å²) in [6, 6.07) is 0. The summed E-state index contributed by atoms with van der Waals surface area (Å²) in [6.45, 7) is 10.4. The molecule has 0 aliphatic heterocycles. The van der Waals surface area contributed by atoms with Crippen molar-refractivity contribution in [2.75, 3.05) is 0 Å². The lowest BCUT2D eigenvalue weighted by atomic mass is 10.1. The number of aromatic nitrogens is 3. The van der Waals surface area contributed by atoms with E-state index in [0.29, 0.717) is 5.69 Å². The van der Waals surface area contributed by atoms with E-state index in [1.807, 2.05) is 0 Å². The molecule has 0 aliphatic rings. The van der Waals surface area contributed by atoms with Crippen LogP contribution in [0.5, 0.6) is 0 Å². The first-order valence-corrected chi connectivity index (χ1v) is 9.55. The normalized spacial score (nSPS) is 14.2. The van der Waals surface area contributed by atoms with Crippen LogP contribution in [0.4, 0.5) is 9.59 Å². The Hall–Kier alpha value is -2.46. The molecular formula is C18H26N4O5S. The topological polar surface area (TPSA) is 116 Å². The Bertz CT molecular complexity index is 820. The van der Waals surface area contributed by atoms with E-state index in [4.69, 9.17) is 9.47 Å². The van der Waals surface area contributed by atoms with Gasteiger partial charge in [-0.05, 0) is 41.5 Å². The fourth-order valence-corrected chi connectivity index (χ4v) is 2.90. The summed E-state index contributed by atoms with van der Waals surface area (Å²) in [6.07, 6.45) is 2.74. The minimum absolute atomic E-state index is 0.116. The van der Waals surface area contributed by atoms with Crippen LogP contribution in [0.1, 0.15) is 52.2 Å². The van der Waals surface area contributed by atoms with Gasteiger partial charge in [0.15, 0.2) is 5.72 Å². The molecule has 0 saturated carbocycles. The fraction of sp³-hybridized carbons (Fsp3) is 0.556. The van der Waals surface area contributed by atoms with Crippen molar-refractivity contribution in [1.82, 2.24) is 19.9 Å². The molecule has 1 unspecified atom stereocenters. The molecule has 0 fully saturated rings. The van der Waals surface area contributed by atoms with Gasteiger partial charge in [-0.3, -0.25) is 5.32 Å². The van der Waals surface area contributed by atoms with Crippen LogP contribution in [-0.2, 0) is 21.6 Å². The van der Waals surface area contributed by atoms with Gasteiger partial charge in [0.1, 0.15) is 22.5 Å². The van der Waals surface area contributed by atoms with E-state index in [2.05, 4.69) is 15.3 Å². The maximum atomic E-state index is 12.2. The lowest BCUT2D eigenvalue weighted by molar-refractivity contribution is -0.0182. The summed E-state index contributed by atoms with van der Waals surface area (Å²) in [7, 11) is 0. The molecule has 2 N–H and O–H groups in total. The fourth-order valence-electron chi connectivity index (χ4n) is 2.20. The number of aliphatic hydroxyl groups is 1. The van der Waals surface area contributed by atoms with Crippen molar-refractivity contribution in [3.05, 3.63) is 34.8 Å². The smallest absolute Gasteiger partial charge is 0.419 e. The Balaban J connectivity index is 2.20. The number of imidazole rings is 1. The van der Waals surface area contributed by atoms with Crippen LogP contribution in [-0.4, -0.2) is 43.0 Å². The maximum absolute atomic E-state index is 12.2. The predicted octanol–water partition coefficient (Wildman–Crippen LogP) is 3.04. The zero-order valence-corrected chi connectivity index (χ0v) is 17.7. The number of hydrogen-bond donors (Lipinski definition) is 2.